The largest absolute Gasteiger partial charge is 0.495 e. The zero-order valence-corrected chi connectivity index (χ0v) is 16.5. The molecule has 7 nitrogen and oxygen atoms in total. The van der Waals surface area contributed by atoms with E-state index in [0.717, 1.165) is 36.6 Å². The fraction of sp³-hybridized carbons (Fsp3) is 0.250. The lowest BCUT2D eigenvalue weighted by molar-refractivity contribution is 0.312. The molecule has 8 heteroatoms. The molecule has 0 atom stereocenters. The van der Waals surface area contributed by atoms with Crippen LogP contribution >= 0.6 is 11.6 Å². The van der Waals surface area contributed by atoms with E-state index in [9.17, 15) is 0 Å². The molecule has 2 aromatic carbocycles. The Bertz CT molecular complexity index is 982. The number of hydrogen-bond acceptors (Lipinski definition) is 7. The van der Waals surface area contributed by atoms with Crippen molar-refractivity contribution < 1.29 is 4.74 Å². The third kappa shape index (κ3) is 4.00. The van der Waals surface area contributed by atoms with Crippen LogP contribution in [0, 0.1) is 0 Å². The van der Waals surface area contributed by atoms with E-state index >= 15 is 0 Å². The second-order valence-corrected chi connectivity index (χ2v) is 7.06. The smallest absolute Gasteiger partial charge is 0.249 e. The summed E-state index contributed by atoms with van der Waals surface area (Å²) < 4.78 is 5.57. The lowest BCUT2D eigenvalue weighted by Gasteiger charge is -2.26. The molecule has 1 aromatic heterocycles. The molecule has 1 aliphatic rings. The summed E-state index contributed by atoms with van der Waals surface area (Å²) in [6.07, 6.45) is 1.01. The first-order valence-corrected chi connectivity index (χ1v) is 9.38. The van der Waals surface area contributed by atoms with Crippen LogP contribution in [0.2, 0.25) is 5.15 Å². The van der Waals surface area contributed by atoms with E-state index in [2.05, 4.69) is 49.9 Å². The highest BCUT2D eigenvalue weighted by atomic mass is 35.5. The highest BCUT2D eigenvalue weighted by Crippen LogP contribution is 2.33. The maximum Gasteiger partial charge on any atom is 0.249 e. The van der Waals surface area contributed by atoms with Crippen LogP contribution in [0.1, 0.15) is 11.1 Å². The predicted molar refractivity (Wildman–Crippen MR) is 111 cm³/mol. The number of hydrogen-bond donors (Lipinski definition) is 2. The van der Waals surface area contributed by atoms with Gasteiger partial charge >= 0.3 is 0 Å². The van der Waals surface area contributed by atoms with Crippen molar-refractivity contribution in [1.29, 1.82) is 0 Å². The Morgan fingerprint density at radius 1 is 1.07 bits per heavy atom. The fourth-order valence-corrected chi connectivity index (χ4v) is 3.35. The van der Waals surface area contributed by atoms with Crippen LogP contribution in [0.5, 0.6) is 5.75 Å². The summed E-state index contributed by atoms with van der Waals surface area (Å²) in [5.74, 6) is 1.52. The molecule has 0 radical (unpaired) electrons. The van der Waals surface area contributed by atoms with Crippen LogP contribution in [0.4, 0.5) is 23.1 Å². The summed E-state index contributed by atoms with van der Waals surface area (Å²) in [6.45, 7) is 1.94. The molecule has 0 saturated carbocycles. The van der Waals surface area contributed by atoms with Crippen LogP contribution < -0.4 is 15.4 Å². The number of methoxy groups -OCH3 is 1. The van der Waals surface area contributed by atoms with Crippen molar-refractivity contribution in [2.75, 3.05) is 31.3 Å². The molecule has 2 heterocycles. The predicted octanol–water partition coefficient (Wildman–Crippen LogP) is 4.01. The molecule has 0 bridgehead atoms. The Morgan fingerprint density at radius 3 is 2.68 bits per heavy atom. The van der Waals surface area contributed by atoms with Gasteiger partial charge in [-0.05, 0) is 48.9 Å². The summed E-state index contributed by atoms with van der Waals surface area (Å²) in [4.78, 5) is 6.76. The van der Waals surface area contributed by atoms with E-state index < -0.39 is 0 Å². The van der Waals surface area contributed by atoms with Gasteiger partial charge in [-0.1, -0.05) is 29.8 Å². The van der Waals surface area contributed by atoms with Gasteiger partial charge in [-0.2, -0.15) is 4.98 Å². The van der Waals surface area contributed by atoms with E-state index in [4.69, 9.17) is 16.3 Å². The van der Waals surface area contributed by atoms with Gasteiger partial charge in [0.2, 0.25) is 5.95 Å². The first kappa shape index (κ1) is 18.5. The molecule has 28 heavy (non-hydrogen) atoms. The number of benzene rings is 2. The zero-order valence-electron chi connectivity index (χ0n) is 15.7. The first-order chi connectivity index (χ1) is 13.6. The summed E-state index contributed by atoms with van der Waals surface area (Å²) in [7, 11) is 3.78. The minimum atomic E-state index is 0.202. The zero-order chi connectivity index (χ0) is 19.5. The van der Waals surface area contributed by atoms with Crippen molar-refractivity contribution in [2.45, 2.75) is 13.0 Å². The molecule has 0 amide bonds. The van der Waals surface area contributed by atoms with Gasteiger partial charge in [-0.3, -0.25) is 0 Å². The van der Waals surface area contributed by atoms with E-state index in [1.165, 1.54) is 11.1 Å². The maximum atomic E-state index is 6.16. The van der Waals surface area contributed by atoms with E-state index in [0.29, 0.717) is 11.8 Å². The molecular formula is C20H21ClN6O. The number of para-hydroxylation sites is 1. The van der Waals surface area contributed by atoms with Crippen molar-refractivity contribution >= 4 is 34.7 Å². The fourth-order valence-electron chi connectivity index (χ4n) is 3.22. The van der Waals surface area contributed by atoms with Crippen LogP contribution in [-0.2, 0) is 13.0 Å². The molecule has 0 saturated heterocycles. The Morgan fingerprint density at radius 2 is 1.89 bits per heavy atom. The average molecular weight is 397 g/mol. The number of aromatic nitrogens is 3. The molecule has 0 unspecified atom stereocenters. The quantitative estimate of drug-likeness (QED) is 0.674. The minimum Gasteiger partial charge on any atom is -0.495 e. The monoisotopic (exact) mass is 396 g/mol. The van der Waals surface area contributed by atoms with Gasteiger partial charge in [0.25, 0.3) is 0 Å². The minimum absolute atomic E-state index is 0.202. The van der Waals surface area contributed by atoms with Crippen molar-refractivity contribution in [3.63, 3.8) is 0 Å². The second-order valence-electron chi connectivity index (χ2n) is 6.70. The number of rotatable bonds is 5. The second kappa shape index (κ2) is 8.00. The molecule has 0 spiro atoms. The third-order valence-corrected chi connectivity index (χ3v) is 4.91. The molecule has 3 aromatic rings. The summed E-state index contributed by atoms with van der Waals surface area (Å²) >= 11 is 6.16. The number of anilines is 4. The maximum absolute atomic E-state index is 6.16. The number of likely N-dealkylation sites (N-methyl/N-ethyl adjacent to an activating group) is 1. The van der Waals surface area contributed by atoms with Gasteiger partial charge in [0.15, 0.2) is 11.0 Å². The first-order valence-electron chi connectivity index (χ1n) is 9.00. The molecule has 1 aliphatic heterocycles. The molecule has 144 valence electrons. The Kier molecular flexibility index (Phi) is 5.27. The van der Waals surface area contributed by atoms with Gasteiger partial charge in [-0.15, -0.1) is 10.2 Å². The lowest BCUT2D eigenvalue weighted by Crippen LogP contribution is -2.26. The van der Waals surface area contributed by atoms with E-state index in [1.54, 1.807) is 7.11 Å². The van der Waals surface area contributed by atoms with Gasteiger partial charge in [0.05, 0.1) is 12.8 Å². The van der Waals surface area contributed by atoms with E-state index in [-0.39, 0.29) is 5.15 Å². The van der Waals surface area contributed by atoms with E-state index in [1.807, 2.05) is 30.3 Å². The summed E-state index contributed by atoms with van der Waals surface area (Å²) in [5.41, 5.74) is 4.24. The molecule has 2 N–H and O–H groups in total. The average Bonchev–Trinajstić information content (AvgIpc) is 2.71. The molecular weight excluding hydrogens is 376 g/mol. The van der Waals surface area contributed by atoms with Gasteiger partial charge in [-0.25, -0.2) is 0 Å². The standard InChI is InChI=1S/C20H21ClN6O/c1-27-9-8-13-11-17(28-2)16(10-14(13)12-27)23-20-24-19(18(21)25-26-20)22-15-6-4-3-5-7-15/h3-7,10-11H,8-9,12H2,1-2H3,(H2,22,23,24,26). The molecule has 0 fully saturated rings. The summed E-state index contributed by atoms with van der Waals surface area (Å²) in [6, 6.07) is 13.8. The number of nitrogens with zero attached hydrogens (tertiary/aromatic N) is 4. The number of fused-ring (bicyclic) bond motifs is 1. The van der Waals surface area contributed by atoms with Gasteiger partial charge < -0.3 is 20.3 Å². The van der Waals surface area contributed by atoms with Crippen LogP contribution in [0.15, 0.2) is 42.5 Å². The Hall–Kier alpha value is -2.90. The summed E-state index contributed by atoms with van der Waals surface area (Å²) in [5, 5.41) is 14.6. The number of ether oxygens (including phenoxy) is 1. The topological polar surface area (TPSA) is 75.2 Å². The Balaban J connectivity index is 1.62. The molecule has 4 rings (SSSR count). The highest BCUT2D eigenvalue weighted by molar-refractivity contribution is 6.31. The normalized spacial score (nSPS) is 13.7. The van der Waals surface area contributed by atoms with Crippen LogP contribution in [0.3, 0.4) is 0 Å². The Labute approximate surface area is 168 Å². The SMILES string of the molecule is COc1cc2c(cc1Nc1nnc(Cl)c(Nc3ccccc3)n1)CN(C)CC2. The van der Waals surface area contributed by atoms with Crippen LogP contribution in [0.25, 0.3) is 0 Å². The highest BCUT2D eigenvalue weighted by Gasteiger charge is 2.18. The third-order valence-electron chi connectivity index (χ3n) is 4.65. The molecule has 0 aliphatic carbocycles. The van der Waals surface area contributed by atoms with Crippen molar-refractivity contribution in [3.05, 3.63) is 58.7 Å². The van der Waals surface area contributed by atoms with Crippen molar-refractivity contribution in [2.24, 2.45) is 0 Å². The van der Waals surface area contributed by atoms with Gasteiger partial charge in [0.1, 0.15) is 5.75 Å². The lowest BCUT2D eigenvalue weighted by atomic mass is 9.99. The van der Waals surface area contributed by atoms with Crippen molar-refractivity contribution in [1.82, 2.24) is 20.1 Å². The van der Waals surface area contributed by atoms with Crippen LogP contribution in [-0.4, -0.2) is 40.8 Å². The number of nitrogens with one attached hydrogen (secondary N) is 2. The number of halogens is 1. The van der Waals surface area contributed by atoms with Crippen molar-refractivity contribution in [3.8, 4) is 5.75 Å². The van der Waals surface area contributed by atoms with Gasteiger partial charge in [0, 0.05) is 18.8 Å².